The van der Waals surface area contributed by atoms with Crippen molar-refractivity contribution in [2.24, 2.45) is 0 Å². The number of nitrogens with zero attached hydrogens (tertiary/aromatic N) is 1. The molecule has 1 aromatic rings. The number of hydrogen-bond donors (Lipinski definition) is 0. The fraction of sp³-hybridized carbons (Fsp3) is 0.500. The average Bonchev–Trinajstić information content (AvgIpc) is 2.32. The maximum absolute atomic E-state index is 12.0. The number of likely N-dealkylation sites (tertiary alicyclic amines) is 1. The molecule has 0 amide bonds. The summed E-state index contributed by atoms with van der Waals surface area (Å²) >= 11 is 0. The number of benzene rings is 1. The topological polar surface area (TPSA) is 29.5 Å². The smallest absolute Gasteiger partial charge is 0.338 e. The molecule has 0 aromatic heterocycles. The molecule has 1 fully saturated rings. The molecule has 1 aliphatic heterocycles. The van der Waals surface area contributed by atoms with Crippen molar-refractivity contribution in [3.8, 4) is 0 Å². The van der Waals surface area contributed by atoms with E-state index in [9.17, 15) is 4.79 Å². The normalized spacial score (nSPS) is 17.0. The first kappa shape index (κ1) is 15.0. The fourth-order valence-corrected chi connectivity index (χ4v) is 2.12. The first-order chi connectivity index (χ1) is 8.16. The summed E-state index contributed by atoms with van der Waals surface area (Å²) in [7, 11) is 2.10. The molecule has 3 nitrogen and oxygen atoms in total. The molecular weight excluding hydrogens is 250 g/mol. The molecule has 1 heterocycles. The van der Waals surface area contributed by atoms with Crippen LogP contribution in [0.5, 0.6) is 0 Å². The van der Waals surface area contributed by atoms with Crippen molar-refractivity contribution in [3.63, 3.8) is 0 Å². The third kappa shape index (κ3) is 3.72. The summed E-state index contributed by atoms with van der Waals surface area (Å²) in [4.78, 5) is 14.2. The summed E-state index contributed by atoms with van der Waals surface area (Å²) < 4.78 is 5.54. The largest absolute Gasteiger partial charge is 1.00 e. The first-order valence-electron chi connectivity index (χ1n) is 6.12. The van der Waals surface area contributed by atoms with Crippen molar-refractivity contribution in [2.45, 2.75) is 25.9 Å². The van der Waals surface area contributed by atoms with Gasteiger partial charge in [-0.05, 0) is 38.4 Å². The van der Waals surface area contributed by atoms with E-state index in [1.807, 2.05) is 31.2 Å². The Morgan fingerprint density at radius 2 is 1.89 bits per heavy atom. The summed E-state index contributed by atoms with van der Waals surface area (Å²) in [6.07, 6.45) is 1.96. The molecule has 100 valence electrons. The van der Waals surface area contributed by atoms with Gasteiger partial charge in [-0.1, -0.05) is 18.2 Å². The van der Waals surface area contributed by atoms with Crippen molar-refractivity contribution in [3.05, 3.63) is 35.4 Å². The van der Waals surface area contributed by atoms with E-state index in [0.717, 1.165) is 31.5 Å². The van der Waals surface area contributed by atoms with Gasteiger partial charge in [-0.25, -0.2) is 4.79 Å². The van der Waals surface area contributed by atoms with Crippen molar-refractivity contribution in [1.82, 2.24) is 4.90 Å². The van der Waals surface area contributed by atoms with Crippen molar-refractivity contribution in [2.75, 3.05) is 20.1 Å². The van der Waals surface area contributed by atoms with E-state index in [1.165, 1.54) is 0 Å². The van der Waals surface area contributed by atoms with Gasteiger partial charge in [0.1, 0.15) is 6.10 Å². The maximum Gasteiger partial charge on any atom is 0.338 e. The second-order valence-corrected chi connectivity index (χ2v) is 4.72. The van der Waals surface area contributed by atoms with Gasteiger partial charge >= 0.3 is 5.97 Å². The molecule has 0 atom stereocenters. The van der Waals surface area contributed by atoms with E-state index in [2.05, 4.69) is 11.9 Å². The third-order valence-corrected chi connectivity index (χ3v) is 3.30. The number of aryl methyl sites for hydroxylation is 1. The van der Waals surface area contributed by atoms with Crippen LogP contribution >= 0.6 is 0 Å². The molecule has 1 aromatic carbocycles. The average molecular weight is 269 g/mol. The number of piperidine rings is 1. The van der Waals surface area contributed by atoms with Gasteiger partial charge in [-0.15, -0.1) is 0 Å². The van der Waals surface area contributed by atoms with Crippen LogP contribution in [0.2, 0.25) is 0 Å². The lowest BCUT2D eigenvalue weighted by atomic mass is 10.1. The number of carbonyl (C=O) groups is 1. The second-order valence-electron chi connectivity index (χ2n) is 4.72. The van der Waals surface area contributed by atoms with Gasteiger partial charge in [0.05, 0.1) is 5.56 Å². The van der Waals surface area contributed by atoms with E-state index in [0.29, 0.717) is 5.56 Å². The molecule has 2 rings (SSSR count). The SMILES string of the molecule is Cc1ccccc1C(=O)OC1CCN(C)CC1.[Cl-]. The number of carbonyl (C=O) groups excluding carboxylic acids is 1. The van der Waals surface area contributed by atoms with Crippen LogP contribution in [0.4, 0.5) is 0 Å². The Morgan fingerprint density at radius 1 is 1.28 bits per heavy atom. The molecular formula is C14H19ClNO2-. The standard InChI is InChI=1S/C14H19NO2.ClH/c1-11-5-3-4-6-13(11)14(16)17-12-7-9-15(2)10-8-12;/h3-6,12H,7-10H2,1-2H3;1H/p-1. The van der Waals surface area contributed by atoms with Crippen LogP contribution < -0.4 is 12.4 Å². The summed E-state index contributed by atoms with van der Waals surface area (Å²) in [5.41, 5.74) is 1.66. The molecule has 0 N–H and O–H groups in total. The number of hydrogen-bond acceptors (Lipinski definition) is 3. The van der Waals surface area contributed by atoms with Gasteiger partial charge in [0, 0.05) is 13.1 Å². The quantitative estimate of drug-likeness (QED) is 0.661. The molecule has 0 radical (unpaired) electrons. The van der Waals surface area contributed by atoms with Gasteiger partial charge in [0.25, 0.3) is 0 Å². The van der Waals surface area contributed by atoms with E-state index < -0.39 is 0 Å². The molecule has 0 saturated carbocycles. The summed E-state index contributed by atoms with van der Waals surface area (Å²) in [6, 6.07) is 7.57. The third-order valence-electron chi connectivity index (χ3n) is 3.30. The first-order valence-corrected chi connectivity index (χ1v) is 6.12. The molecule has 0 unspecified atom stereocenters. The van der Waals surface area contributed by atoms with Gasteiger partial charge in [0.15, 0.2) is 0 Å². The van der Waals surface area contributed by atoms with Crippen LogP contribution in [0, 0.1) is 6.92 Å². The highest BCUT2D eigenvalue weighted by atomic mass is 35.5. The van der Waals surface area contributed by atoms with E-state index >= 15 is 0 Å². The monoisotopic (exact) mass is 268 g/mol. The lowest BCUT2D eigenvalue weighted by Gasteiger charge is -2.28. The second kappa shape index (κ2) is 6.76. The molecule has 0 spiro atoms. The van der Waals surface area contributed by atoms with Gasteiger partial charge in [-0.3, -0.25) is 0 Å². The minimum atomic E-state index is -0.183. The van der Waals surface area contributed by atoms with E-state index in [1.54, 1.807) is 0 Å². The Kier molecular flexibility index (Phi) is 5.63. The Hall–Kier alpha value is -1.06. The van der Waals surface area contributed by atoms with Crippen LogP contribution in [0.25, 0.3) is 0 Å². The van der Waals surface area contributed by atoms with E-state index in [4.69, 9.17) is 4.74 Å². The molecule has 0 aliphatic carbocycles. The summed E-state index contributed by atoms with van der Waals surface area (Å²) in [5.74, 6) is -0.183. The van der Waals surface area contributed by atoms with Crippen LogP contribution in [0.3, 0.4) is 0 Å². The van der Waals surface area contributed by atoms with Gasteiger partial charge in [-0.2, -0.15) is 0 Å². The van der Waals surface area contributed by atoms with Gasteiger partial charge in [0.2, 0.25) is 0 Å². The van der Waals surface area contributed by atoms with Crippen molar-refractivity contribution >= 4 is 5.97 Å². The zero-order valence-corrected chi connectivity index (χ0v) is 11.6. The minimum Gasteiger partial charge on any atom is -1.00 e. The molecule has 1 saturated heterocycles. The molecule has 4 heteroatoms. The fourth-order valence-electron chi connectivity index (χ4n) is 2.12. The zero-order chi connectivity index (χ0) is 12.3. The van der Waals surface area contributed by atoms with E-state index in [-0.39, 0.29) is 24.5 Å². The predicted molar refractivity (Wildman–Crippen MR) is 67.1 cm³/mol. The summed E-state index contributed by atoms with van der Waals surface area (Å²) in [5, 5.41) is 0. The molecule has 18 heavy (non-hydrogen) atoms. The van der Waals surface area contributed by atoms with Crippen LogP contribution in [-0.4, -0.2) is 37.1 Å². The minimum absolute atomic E-state index is 0. The van der Waals surface area contributed by atoms with Crippen molar-refractivity contribution < 1.29 is 21.9 Å². The number of esters is 1. The molecule has 1 aliphatic rings. The Labute approximate surface area is 115 Å². The van der Waals surface area contributed by atoms with Crippen molar-refractivity contribution in [1.29, 1.82) is 0 Å². The summed E-state index contributed by atoms with van der Waals surface area (Å²) in [6.45, 7) is 3.95. The predicted octanol–water partition coefficient (Wildman–Crippen LogP) is -0.750. The lowest BCUT2D eigenvalue weighted by molar-refractivity contribution is -0.0000656. The Morgan fingerprint density at radius 3 is 2.50 bits per heavy atom. The van der Waals surface area contributed by atoms with Crippen LogP contribution in [0.15, 0.2) is 24.3 Å². The number of halogens is 1. The highest BCUT2D eigenvalue weighted by Crippen LogP contribution is 2.16. The van der Waals surface area contributed by atoms with Crippen LogP contribution in [0.1, 0.15) is 28.8 Å². The number of ether oxygens (including phenoxy) is 1. The number of rotatable bonds is 2. The maximum atomic E-state index is 12.0. The highest BCUT2D eigenvalue weighted by molar-refractivity contribution is 5.91. The Balaban J connectivity index is 0.00000162. The molecule has 0 bridgehead atoms. The lowest BCUT2D eigenvalue weighted by Crippen LogP contribution is -3.00. The van der Waals surface area contributed by atoms with Crippen LogP contribution in [-0.2, 0) is 4.74 Å². The zero-order valence-electron chi connectivity index (χ0n) is 10.9. The highest BCUT2D eigenvalue weighted by Gasteiger charge is 2.21. The Bertz CT molecular complexity index is 401. The van der Waals surface area contributed by atoms with Gasteiger partial charge < -0.3 is 22.0 Å².